The number of amides is 1. The number of carbonyl (C=O) groups excluding carboxylic acids is 1. The summed E-state index contributed by atoms with van der Waals surface area (Å²) in [6.45, 7) is 9.65. The van der Waals surface area contributed by atoms with E-state index in [-0.39, 0.29) is 5.91 Å². The molecule has 0 spiro atoms. The van der Waals surface area contributed by atoms with E-state index in [1.165, 1.54) is 0 Å². The highest BCUT2D eigenvalue weighted by molar-refractivity contribution is 5.76. The van der Waals surface area contributed by atoms with Crippen molar-refractivity contribution in [2.24, 2.45) is 11.7 Å². The Labute approximate surface area is 94.0 Å². The minimum absolute atomic E-state index is 0.254. The Bertz CT molecular complexity index is 176. The van der Waals surface area contributed by atoms with Gasteiger partial charge in [0, 0.05) is 25.6 Å². The summed E-state index contributed by atoms with van der Waals surface area (Å²) in [7, 11) is 0. The van der Waals surface area contributed by atoms with Crippen molar-refractivity contribution in [2.45, 2.75) is 53.0 Å². The quantitative estimate of drug-likeness (QED) is 0.704. The number of nitrogens with two attached hydrogens (primary N) is 1. The Morgan fingerprint density at radius 3 is 2.13 bits per heavy atom. The van der Waals surface area contributed by atoms with Crippen LogP contribution in [0.4, 0.5) is 0 Å². The summed E-state index contributed by atoms with van der Waals surface area (Å²) >= 11 is 0. The first-order valence-corrected chi connectivity index (χ1v) is 6.06. The van der Waals surface area contributed by atoms with Gasteiger partial charge in [0.1, 0.15) is 0 Å². The van der Waals surface area contributed by atoms with Crippen molar-refractivity contribution in [1.29, 1.82) is 0 Å². The van der Waals surface area contributed by atoms with E-state index < -0.39 is 0 Å². The molecule has 0 aliphatic rings. The van der Waals surface area contributed by atoms with Gasteiger partial charge < -0.3 is 10.6 Å². The summed E-state index contributed by atoms with van der Waals surface area (Å²) in [5.41, 5.74) is 5.55. The van der Waals surface area contributed by atoms with Crippen LogP contribution in [-0.4, -0.2) is 29.9 Å². The molecule has 0 fully saturated rings. The van der Waals surface area contributed by atoms with E-state index in [9.17, 15) is 4.79 Å². The van der Waals surface area contributed by atoms with E-state index in [1.54, 1.807) is 0 Å². The van der Waals surface area contributed by atoms with E-state index in [4.69, 9.17) is 5.73 Å². The molecule has 0 aliphatic carbocycles. The number of hydrogen-bond donors (Lipinski definition) is 1. The zero-order valence-electron chi connectivity index (χ0n) is 10.6. The van der Waals surface area contributed by atoms with Crippen LogP contribution in [0.5, 0.6) is 0 Å². The summed E-state index contributed by atoms with van der Waals surface area (Å²) in [5, 5.41) is 0. The fraction of sp³-hybridized carbons (Fsp3) is 0.917. The Morgan fingerprint density at radius 2 is 1.80 bits per heavy atom. The second kappa shape index (κ2) is 7.69. The molecule has 0 unspecified atom stereocenters. The fourth-order valence-electron chi connectivity index (χ4n) is 1.85. The third-order valence-corrected chi connectivity index (χ3v) is 2.66. The van der Waals surface area contributed by atoms with E-state index in [0.29, 0.717) is 31.5 Å². The molecule has 90 valence electrons. The molecule has 0 rings (SSSR count). The Kier molecular flexibility index (Phi) is 7.39. The highest BCUT2D eigenvalue weighted by atomic mass is 16.2. The number of carbonyl (C=O) groups is 1. The molecule has 0 bridgehead atoms. The molecule has 2 N–H and O–H groups in total. The minimum Gasteiger partial charge on any atom is -0.338 e. The van der Waals surface area contributed by atoms with E-state index in [2.05, 4.69) is 27.7 Å². The van der Waals surface area contributed by atoms with Crippen LogP contribution in [0.1, 0.15) is 47.0 Å². The van der Waals surface area contributed by atoms with Crippen LogP contribution >= 0.6 is 0 Å². The molecule has 0 aromatic heterocycles. The molecule has 0 saturated heterocycles. The molecule has 0 saturated carbocycles. The Balaban J connectivity index is 4.41. The maximum Gasteiger partial charge on any atom is 0.223 e. The van der Waals surface area contributed by atoms with Crippen LogP contribution in [0, 0.1) is 5.92 Å². The lowest BCUT2D eigenvalue weighted by Crippen LogP contribution is -2.43. The number of hydrogen-bond acceptors (Lipinski definition) is 2. The average Bonchev–Trinajstić information content (AvgIpc) is 2.17. The van der Waals surface area contributed by atoms with E-state index >= 15 is 0 Å². The van der Waals surface area contributed by atoms with Crippen molar-refractivity contribution in [3.63, 3.8) is 0 Å². The predicted molar refractivity (Wildman–Crippen MR) is 64.6 cm³/mol. The number of nitrogens with zero attached hydrogens (tertiary/aromatic N) is 1. The molecule has 0 aromatic rings. The lowest BCUT2D eigenvalue weighted by atomic mass is 10.1. The second-order valence-electron chi connectivity index (χ2n) is 4.44. The molecule has 3 nitrogen and oxygen atoms in total. The lowest BCUT2D eigenvalue weighted by molar-refractivity contribution is -0.134. The molecule has 0 aliphatic heterocycles. The average molecular weight is 214 g/mol. The first kappa shape index (κ1) is 14.4. The maximum atomic E-state index is 12.0. The molecular weight excluding hydrogens is 188 g/mol. The fourth-order valence-corrected chi connectivity index (χ4v) is 1.85. The molecule has 1 amide bonds. The van der Waals surface area contributed by atoms with Gasteiger partial charge in [-0.25, -0.2) is 0 Å². The van der Waals surface area contributed by atoms with Crippen molar-refractivity contribution >= 4 is 5.91 Å². The van der Waals surface area contributed by atoms with Crippen LogP contribution < -0.4 is 5.73 Å². The van der Waals surface area contributed by atoms with Gasteiger partial charge in [-0.1, -0.05) is 27.7 Å². The maximum absolute atomic E-state index is 12.0. The summed E-state index contributed by atoms with van der Waals surface area (Å²) in [6.07, 6.45) is 2.66. The smallest absolute Gasteiger partial charge is 0.223 e. The second-order valence-corrected chi connectivity index (χ2v) is 4.44. The summed E-state index contributed by atoms with van der Waals surface area (Å²) in [5.74, 6) is 0.677. The third-order valence-electron chi connectivity index (χ3n) is 2.66. The molecule has 15 heavy (non-hydrogen) atoms. The van der Waals surface area contributed by atoms with E-state index in [0.717, 1.165) is 12.8 Å². The molecule has 0 atom stereocenters. The Morgan fingerprint density at radius 1 is 1.27 bits per heavy atom. The van der Waals surface area contributed by atoms with Crippen molar-refractivity contribution in [1.82, 2.24) is 4.90 Å². The predicted octanol–water partition coefficient (Wildman–Crippen LogP) is 2.01. The Hall–Kier alpha value is -0.570. The van der Waals surface area contributed by atoms with Gasteiger partial charge >= 0.3 is 0 Å². The van der Waals surface area contributed by atoms with Crippen molar-refractivity contribution in [3.05, 3.63) is 0 Å². The summed E-state index contributed by atoms with van der Waals surface area (Å²) < 4.78 is 0. The monoisotopic (exact) mass is 214 g/mol. The minimum atomic E-state index is 0.254. The highest BCUT2D eigenvalue weighted by Crippen LogP contribution is 2.12. The van der Waals surface area contributed by atoms with Crippen LogP contribution in [-0.2, 0) is 4.79 Å². The van der Waals surface area contributed by atoms with Gasteiger partial charge in [0.05, 0.1) is 0 Å². The summed E-state index contributed by atoms with van der Waals surface area (Å²) in [6, 6.07) is 0.361. The van der Waals surface area contributed by atoms with Gasteiger partial charge in [-0.3, -0.25) is 4.79 Å². The van der Waals surface area contributed by atoms with Gasteiger partial charge in [0.2, 0.25) is 5.91 Å². The van der Waals surface area contributed by atoms with Gasteiger partial charge in [-0.15, -0.1) is 0 Å². The standard InChI is InChI=1S/C12H26N2O/c1-5-11(6-2)14(8-7-13)12(15)9-10(3)4/h10-11H,5-9,13H2,1-4H3. The molecule has 3 heteroatoms. The van der Waals surface area contributed by atoms with Crippen LogP contribution in [0.2, 0.25) is 0 Å². The number of rotatable bonds is 7. The zero-order chi connectivity index (χ0) is 11.8. The lowest BCUT2D eigenvalue weighted by Gasteiger charge is -2.30. The topological polar surface area (TPSA) is 46.3 Å². The SMILES string of the molecule is CCC(CC)N(CCN)C(=O)CC(C)C. The third kappa shape index (κ3) is 5.17. The van der Waals surface area contributed by atoms with Crippen molar-refractivity contribution in [3.8, 4) is 0 Å². The van der Waals surface area contributed by atoms with Gasteiger partial charge in [0.15, 0.2) is 0 Å². The van der Waals surface area contributed by atoms with Gasteiger partial charge in [0.25, 0.3) is 0 Å². The van der Waals surface area contributed by atoms with E-state index in [1.807, 2.05) is 4.90 Å². The largest absolute Gasteiger partial charge is 0.338 e. The van der Waals surface area contributed by atoms with Gasteiger partial charge in [-0.2, -0.15) is 0 Å². The first-order chi connectivity index (χ1) is 7.06. The summed E-state index contributed by atoms with van der Waals surface area (Å²) in [4.78, 5) is 13.9. The van der Waals surface area contributed by atoms with Crippen molar-refractivity contribution in [2.75, 3.05) is 13.1 Å². The zero-order valence-corrected chi connectivity index (χ0v) is 10.6. The van der Waals surface area contributed by atoms with Crippen LogP contribution in [0.3, 0.4) is 0 Å². The van der Waals surface area contributed by atoms with Crippen LogP contribution in [0.15, 0.2) is 0 Å². The molecule has 0 aromatic carbocycles. The molecular formula is C12H26N2O. The highest BCUT2D eigenvalue weighted by Gasteiger charge is 2.20. The molecule has 0 heterocycles. The first-order valence-electron chi connectivity index (χ1n) is 6.06. The van der Waals surface area contributed by atoms with Gasteiger partial charge in [-0.05, 0) is 18.8 Å². The normalized spacial score (nSPS) is 11.1. The van der Waals surface area contributed by atoms with Crippen molar-refractivity contribution < 1.29 is 4.79 Å². The molecule has 0 radical (unpaired) electrons. The van der Waals surface area contributed by atoms with Crippen LogP contribution in [0.25, 0.3) is 0 Å².